The number of hydroxylamine groups is 1. The molecule has 5 nitrogen and oxygen atoms in total. The first kappa shape index (κ1) is 24.5. The van der Waals surface area contributed by atoms with Gasteiger partial charge in [-0.05, 0) is 24.1 Å². The van der Waals surface area contributed by atoms with E-state index in [9.17, 15) is 9.59 Å². The number of unbranched alkanes of at least 4 members (excludes halogenated alkanes) is 9. The van der Waals surface area contributed by atoms with Gasteiger partial charge in [-0.2, -0.15) is 0 Å². The van der Waals surface area contributed by atoms with Gasteiger partial charge in [0.2, 0.25) is 5.91 Å². The van der Waals surface area contributed by atoms with Crippen LogP contribution in [0.25, 0.3) is 0 Å². The second-order valence-corrected chi connectivity index (χ2v) is 9.58. The molecular weight excluding hydrogens is 424 g/mol. The molecule has 0 aliphatic carbocycles. The van der Waals surface area contributed by atoms with Crippen LogP contribution in [0.1, 0.15) is 82.7 Å². The Kier molecular flexibility index (Phi) is 8.75. The highest BCUT2D eigenvalue weighted by Gasteiger charge is 2.59. The van der Waals surface area contributed by atoms with E-state index < -0.39 is 12.0 Å². The van der Waals surface area contributed by atoms with Crippen molar-refractivity contribution < 1.29 is 14.4 Å². The van der Waals surface area contributed by atoms with Crippen LogP contribution in [0, 0.1) is 5.92 Å². The third-order valence-corrected chi connectivity index (χ3v) is 7.09. The smallest absolute Gasteiger partial charge is 0.261 e. The van der Waals surface area contributed by atoms with Gasteiger partial charge < -0.3 is 0 Å². The van der Waals surface area contributed by atoms with Crippen molar-refractivity contribution in [2.75, 3.05) is 11.6 Å². The summed E-state index contributed by atoms with van der Waals surface area (Å²) in [5.74, 6) is -0.804. The van der Waals surface area contributed by atoms with Crippen LogP contribution in [0.15, 0.2) is 60.7 Å². The summed E-state index contributed by atoms with van der Waals surface area (Å²) in [6.45, 7) is 2.74. The molecule has 5 heteroatoms. The first-order chi connectivity index (χ1) is 16.7. The maximum Gasteiger partial charge on any atom is 0.261 e. The Morgan fingerprint density at radius 2 is 1.26 bits per heavy atom. The van der Waals surface area contributed by atoms with Crippen LogP contribution >= 0.6 is 0 Å². The number of fused-ring (bicyclic) bond motifs is 1. The summed E-state index contributed by atoms with van der Waals surface area (Å²) in [5, 5.41) is 1.76. The van der Waals surface area contributed by atoms with Crippen molar-refractivity contribution in [2.45, 2.75) is 83.3 Å². The molecule has 2 aliphatic rings. The van der Waals surface area contributed by atoms with Crippen molar-refractivity contribution in [3.05, 3.63) is 66.2 Å². The van der Waals surface area contributed by atoms with Gasteiger partial charge >= 0.3 is 0 Å². The van der Waals surface area contributed by atoms with Crippen molar-refractivity contribution in [3.63, 3.8) is 0 Å². The Labute approximate surface area is 204 Å². The third-order valence-electron chi connectivity index (χ3n) is 7.09. The highest BCUT2D eigenvalue weighted by molar-refractivity contribution is 6.07. The van der Waals surface area contributed by atoms with Crippen LogP contribution in [0.2, 0.25) is 0 Å². The molecule has 34 heavy (non-hydrogen) atoms. The van der Waals surface area contributed by atoms with E-state index in [1.165, 1.54) is 56.3 Å². The molecule has 0 saturated carbocycles. The Bertz CT molecular complexity index is 917. The summed E-state index contributed by atoms with van der Waals surface area (Å²) in [7, 11) is 0. The molecule has 2 amide bonds. The lowest BCUT2D eigenvalue weighted by Crippen LogP contribution is -2.37. The highest BCUT2D eigenvalue weighted by atomic mass is 16.7. The van der Waals surface area contributed by atoms with E-state index in [0.29, 0.717) is 6.54 Å². The zero-order valence-corrected chi connectivity index (χ0v) is 20.4. The van der Waals surface area contributed by atoms with Gasteiger partial charge in [0.25, 0.3) is 5.91 Å². The molecular formula is C29H38N2O3. The summed E-state index contributed by atoms with van der Waals surface area (Å²) in [6.07, 6.45) is 11.5. The molecule has 4 rings (SSSR count). The lowest BCUT2D eigenvalue weighted by atomic mass is 9.90. The maximum absolute atomic E-state index is 13.4. The number of carbonyl (C=O) groups is 2. The molecule has 182 valence electrons. The number of anilines is 1. The fraction of sp³-hybridized carbons (Fsp3) is 0.517. The van der Waals surface area contributed by atoms with Crippen LogP contribution in [-0.2, 0) is 14.4 Å². The molecule has 2 saturated heterocycles. The number of amides is 2. The number of rotatable bonds is 13. The number of hydrogen-bond acceptors (Lipinski definition) is 4. The number of likely N-dealkylation sites (tertiary alicyclic amines) is 1. The first-order valence-electron chi connectivity index (χ1n) is 13.1. The van der Waals surface area contributed by atoms with Crippen LogP contribution in [0.4, 0.5) is 5.69 Å². The number of carbonyl (C=O) groups excluding carboxylic acids is 2. The Hall–Kier alpha value is -2.66. The van der Waals surface area contributed by atoms with Gasteiger partial charge in [-0.25, -0.2) is 5.06 Å². The summed E-state index contributed by atoms with van der Waals surface area (Å²) >= 11 is 0. The lowest BCUT2D eigenvalue weighted by Gasteiger charge is -2.28. The summed E-state index contributed by atoms with van der Waals surface area (Å²) in [6, 6.07) is 19.3. The second kappa shape index (κ2) is 12.2. The Morgan fingerprint density at radius 1 is 0.706 bits per heavy atom. The molecule has 0 radical (unpaired) electrons. The quantitative estimate of drug-likeness (QED) is 0.253. The average molecular weight is 463 g/mol. The molecule has 0 N–H and O–H groups in total. The van der Waals surface area contributed by atoms with Crippen LogP contribution in [0.3, 0.4) is 0 Å². The van der Waals surface area contributed by atoms with Crippen molar-refractivity contribution in [1.29, 1.82) is 0 Å². The molecule has 3 unspecified atom stereocenters. The van der Waals surface area contributed by atoms with Crippen LogP contribution in [0.5, 0.6) is 0 Å². The van der Waals surface area contributed by atoms with Crippen LogP contribution in [-0.4, -0.2) is 29.4 Å². The van der Waals surface area contributed by atoms with E-state index in [4.69, 9.17) is 4.84 Å². The lowest BCUT2D eigenvalue weighted by molar-refractivity contribution is -0.143. The number of imide groups is 1. The maximum atomic E-state index is 13.4. The largest absolute Gasteiger partial charge is 0.280 e. The zero-order chi connectivity index (χ0) is 23.8. The fourth-order valence-corrected chi connectivity index (χ4v) is 5.24. The van der Waals surface area contributed by atoms with Crippen molar-refractivity contribution in [3.8, 4) is 0 Å². The molecule has 0 aromatic heterocycles. The van der Waals surface area contributed by atoms with Gasteiger partial charge in [0.15, 0.2) is 6.10 Å². The molecule has 2 heterocycles. The fourth-order valence-electron chi connectivity index (χ4n) is 5.24. The number of benzene rings is 2. The molecule has 2 aromatic carbocycles. The minimum atomic E-state index is -0.749. The standard InChI is InChI=1S/C29H38N2O3/c1-2-3-4-5-6-7-8-9-10-17-22-30-28(32)25-26(23-18-13-11-14-19-23)31(34-27(25)29(30)33)24-20-15-12-16-21-24/h11-16,18-21,25-27H,2-10,17,22H2,1H3. The van der Waals surface area contributed by atoms with Crippen molar-refractivity contribution >= 4 is 17.5 Å². The SMILES string of the molecule is CCCCCCCCCCCCN1C(=O)C2ON(c3ccccc3)C(c3ccccc3)C2C1=O. The van der Waals surface area contributed by atoms with E-state index in [1.54, 1.807) is 5.06 Å². The number of para-hydroxylation sites is 1. The summed E-state index contributed by atoms with van der Waals surface area (Å²) in [5.41, 5.74) is 1.84. The van der Waals surface area contributed by atoms with Gasteiger partial charge in [0, 0.05) is 6.54 Å². The van der Waals surface area contributed by atoms with Gasteiger partial charge in [-0.1, -0.05) is 113 Å². The van der Waals surface area contributed by atoms with Crippen LogP contribution < -0.4 is 5.06 Å². The minimum absolute atomic E-state index is 0.0989. The van der Waals surface area contributed by atoms with E-state index in [0.717, 1.165) is 24.1 Å². The van der Waals surface area contributed by atoms with Gasteiger partial charge in [0.1, 0.15) is 5.92 Å². The molecule has 2 fully saturated rings. The van der Waals surface area contributed by atoms with Gasteiger partial charge in [-0.15, -0.1) is 0 Å². The number of nitrogens with zero attached hydrogens (tertiary/aromatic N) is 2. The molecule has 2 aromatic rings. The van der Waals surface area contributed by atoms with E-state index in [1.807, 2.05) is 60.7 Å². The topological polar surface area (TPSA) is 49.9 Å². The number of hydrogen-bond donors (Lipinski definition) is 0. The predicted octanol–water partition coefficient (Wildman–Crippen LogP) is 6.45. The Balaban J connectivity index is 1.33. The van der Waals surface area contributed by atoms with Crippen molar-refractivity contribution in [2.24, 2.45) is 5.92 Å². The second-order valence-electron chi connectivity index (χ2n) is 9.58. The summed E-state index contributed by atoms with van der Waals surface area (Å²) < 4.78 is 0. The molecule has 0 spiro atoms. The van der Waals surface area contributed by atoms with E-state index in [-0.39, 0.29) is 17.9 Å². The zero-order valence-electron chi connectivity index (χ0n) is 20.4. The van der Waals surface area contributed by atoms with E-state index >= 15 is 0 Å². The highest BCUT2D eigenvalue weighted by Crippen LogP contribution is 2.46. The van der Waals surface area contributed by atoms with Gasteiger partial charge in [0.05, 0.1) is 11.7 Å². The minimum Gasteiger partial charge on any atom is -0.280 e. The first-order valence-corrected chi connectivity index (χ1v) is 13.1. The average Bonchev–Trinajstić information content (AvgIpc) is 3.38. The molecule has 2 aliphatic heterocycles. The Morgan fingerprint density at radius 3 is 1.88 bits per heavy atom. The molecule has 0 bridgehead atoms. The van der Waals surface area contributed by atoms with E-state index in [2.05, 4.69) is 6.92 Å². The van der Waals surface area contributed by atoms with Crippen molar-refractivity contribution in [1.82, 2.24) is 4.90 Å². The molecule has 3 atom stereocenters. The summed E-state index contributed by atoms with van der Waals surface area (Å²) in [4.78, 5) is 34.3. The van der Waals surface area contributed by atoms with Gasteiger partial charge in [-0.3, -0.25) is 19.3 Å². The third kappa shape index (κ3) is 5.52. The normalized spacial score (nSPS) is 22.0. The monoisotopic (exact) mass is 462 g/mol. The predicted molar refractivity (Wildman–Crippen MR) is 135 cm³/mol.